The molecule has 4 N–H and O–H groups in total. The van der Waals surface area contributed by atoms with E-state index in [2.05, 4.69) is 31.4 Å². The Hall–Kier alpha value is -1.25. The van der Waals surface area contributed by atoms with Crippen LogP contribution in [0.3, 0.4) is 0 Å². The molecule has 6 unspecified atom stereocenters. The number of nitrogens with one attached hydrogen (secondary N) is 2. The van der Waals surface area contributed by atoms with Crippen LogP contribution < -0.4 is 19.2 Å². The van der Waals surface area contributed by atoms with Crippen LogP contribution in [-0.4, -0.2) is 96.1 Å². The number of rotatable bonds is 7. The maximum Gasteiger partial charge on any atom is 0.240 e. The van der Waals surface area contributed by atoms with Crippen molar-refractivity contribution in [3.63, 3.8) is 0 Å². The van der Waals surface area contributed by atoms with Gasteiger partial charge in [-0.15, -0.1) is 0 Å². The summed E-state index contributed by atoms with van der Waals surface area (Å²) in [6.45, 7) is 48.9. The number of anilines is 4. The van der Waals surface area contributed by atoms with Crippen LogP contribution >= 0.6 is 23.5 Å². The van der Waals surface area contributed by atoms with E-state index in [-0.39, 0.29) is 108 Å². The van der Waals surface area contributed by atoms with Gasteiger partial charge in [-0.25, -0.2) is 26.3 Å². The first-order valence-electron chi connectivity index (χ1n) is 30.3. The number of nitrogens with zero attached hydrogens (tertiary/aromatic N) is 2. The first-order valence-corrected chi connectivity index (χ1v) is 35.4. The van der Waals surface area contributed by atoms with Gasteiger partial charge in [0, 0.05) is 103 Å². The molecule has 483 valence electrons. The van der Waals surface area contributed by atoms with Gasteiger partial charge < -0.3 is 29.5 Å². The summed E-state index contributed by atoms with van der Waals surface area (Å²) in [4.78, 5) is 8.67. The largest absolute Gasteiger partial charge is 0.389 e. The van der Waals surface area contributed by atoms with E-state index in [1.165, 1.54) is 12.1 Å². The number of aliphatic hydroxyl groups is 2. The van der Waals surface area contributed by atoms with Crippen molar-refractivity contribution in [2.24, 2.45) is 0 Å². The summed E-state index contributed by atoms with van der Waals surface area (Å²) in [5.41, 5.74) is 3.93. The van der Waals surface area contributed by atoms with Crippen LogP contribution in [0.2, 0.25) is 0 Å². The number of ether oxygens (including phenoxy) is 2. The molecule has 1 radical (unpaired) electrons. The van der Waals surface area contributed by atoms with Crippen molar-refractivity contribution in [3.05, 3.63) is 127 Å². The summed E-state index contributed by atoms with van der Waals surface area (Å²) in [6, 6.07) is 37.9. The summed E-state index contributed by atoms with van der Waals surface area (Å²) >= 11 is 3.37. The van der Waals surface area contributed by atoms with Gasteiger partial charge in [0.25, 0.3) is 0 Å². The molecule has 0 saturated carbocycles. The maximum atomic E-state index is 12.8. The normalized spacial score (nSPS) is 17.3. The second-order valence-corrected chi connectivity index (χ2v) is 19.7. The van der Waals surface area contributed by atoms with Crippen LogP contribution in [0.25, 0.3) is 0 Å². The molecule has 5 aromatic rings. The molecule has 4 aliphatic rings. The van der Waals surface area contributed by atoms with Crippen molar-refractivity contribution in [1.82, 2.24) is 9.44 Å². The number of sulfonamides is 2. The van der Waals surface area contributed by atoms with Crippen molar-refractivity contribution in [1.29, 1.82) is 0 Å². The van der Waals surface area contributed by atoms with Gasteiger partial charge in [0.15, 0.2) is 0 Å². The smallest absolute Gasteiger partial charge is 0.240 e. The molecule has 0 amide bonds. The van der Waals surface area contributed by atoms with E-state index in [1.54, 1.807) is 41.7 Å². The average molecular weight is 1740 g/mol. The molecule has 0 aliphatic carbocycles. The molecule has 0 aromatic heterocycles. The monoisotopic (exact) mass is 1740 g/mol. The molecule has 4 aliphatic heterocycles. The Balaban J connectivity index is -0.000000120. The summed E-state index contributed by atoms with van der Waals surface area (Å²) in [5, 5.41) is 22.2. The predicted molar refractivity (Wildman–Crippen MR) is 362 cm³/mol. The molecular formula is C65H118N4O8S4U2V. The van der Waals surface area contributed by atoms with Crippen molar-refractivity contribution >= 4 is 66.3 Å². The minimum atomic E-state index is -3.78. The maximum absolute atomic E-state index is 12.8. The van der Waals surface area contributed by atoms with Gasteiger partial charge in [-0.3, -0.25) is 0 Å². The van der Waals surface area contributed by atoms with Crippen molar-refractivity contribution in [2.45, 2.75) is 227 Å². The predicted octanol–water partition coefficient (Wildman–Crippen LogP) is 18.2. The Morgan fingerprint density at radius 3 is 0.905 bits per heavy atom. The first-order chi connectivity index (χ1) is 39.5. The minimum Gasteiger partial charge on any atom is -0.389 e. The van der Waals surface area contributed by atoms with Gasteiger partial charge in [-0.05, 0) is 60.7 Å². The fourth-order valence-corrected chi connectivity index (χ4v) is 11.7. The zero-order valence-electron chi connectivity index (χ0n) is 56.2. The molecule has 6 atom stereocenters. The quantitative estimate of drug-likeness (QED) is 0.122. The van der Waals surface area contributed by atoms with E-state index in [0.717, 1.165) is 48.6 Å². The van der Waals surface area contributed by atoms with Gasteiger partial charge in [0.2, 0.25) is 20.0 Å². The van der Waals surface area contributed by atoms with Gasteiger partial charge in [0.1, 0.15) is 0 Å². The second kappa shape index (κ2) is 62.0. The number of hydrogen-bond acceptors (Lipinski definition) is 12. The summed E-state index contributed by atoms with van der Waals surface area (Å²) in [5.74, 6) is 0. The van der Waals surface area contributed by atoms with E-state index in [1.807, 2.05) is 251 Å². The second-order valence-electron chi connectivity index (χ2n) is 14.0. The van der Waals surface area contributed by atoms with Crippen LogP contribution in [-0.2, 0) is 48.1 Å². The molecule has 2 saturated heterocycles. The van der Waals surface area contributed by atoms with E-state index < -0.39 is 56.4 Å². The van der Waals surface area contributed by atoms with Crippen LogP contribution in [0.15, 0.2) is 152 Å². The van der Waals surface area contributed by atoms with Crippen LogP contribution in [0.5, 0.6) is 0 Å². The molecule has 2 fully saturated rings. The van der Waals surface area contributed by atoms with Gasteiger partial charge in [0.05, 0.1) is 96.7 Å². The fourth-order valence-electron chi connectivity index (χ4n) is 7.55. The number of hydrogen-bond donors (Lipinski definition) is 4. The molecular weight excluding hydrogens is 1620 g/mol. The third-order valence-corrected chi connectivity index (χ3v) is 14.6. The van der Waals surface area contributed by atoms with Gasteiger partial charge >= 0.3 is 0 Å². The summed E-state index contributed by atoms with van der Waals surface area (Å²) < 4.78 is 65.5. The minimum absolute atomic E-state index is 0. The van der Waals surface area contributed by atoms with E-state index in [0.29, 0.717) is 6.61 Å². The van der Waals surface area contributed by atoms with Crippen LogP contribution in [0.4, 0.5) is 22.7 Å². The van der Waals surface area contributed by atoms with E-state index in [9.17, 15) is 27.0 Å². The fraction of sp³-hybridized carbons (Fsp3) is 0.538. The van der Waals surface area contributed by atoms with Gasteiger partial charge in [-0.2, -0.15) is 0 Å². The average Bonchev–Trinajstić information content (AvgIpc) is 3.55. The van der Waals surface area contributed by atoms with Crippen molar-refractivity contribution < 1.29 is 120 Å². The Kier molecular flexibility index (Phi) is 73.0. The SMILES string of the molecule is CC.CC.CC.CC.CC.CC.CC.CC.CC.CC.CC.CC.CS(=O)(=O)NC1COCC(N2c3ccccc3Sc3ccccc32)C1O.O=S(=O)(NC1COCC(N2c3ccccc3Sc3ccccc32)C1O)c1ccccc1.[3HH].[3HH].[U].[U].[V]. The topological polar surface area (TPSA) is 158 Å². The molecule has 84 heavy (non-hydrogen) atoms. The summed E-state index contributed by atoms with van der Waals surface area (Å²) in [7, 11) is -7.23. The number of fused-ring (bicyclic) bond motifs is 4. The molecule has 12 nitrogen and oxygen atoms in total. The van der Waals surface area contributed by atoms with Crippen molar-refractivity contribution in [3.8, 4) is 0 Å². The Morgan fingerprint density at radius 2 is 0.643 bits per heavy atom. The molecule has 0 bridgehead atoms. The number of para-hydroxylation sites is 4. The molecule has 9 rings (SSSR count). The standard InChI is InChI=1S/C23H22N2O4S2.C18H20N2O4S2.12C2H6.2U.V.2H2/c26-23-17(24-31(27,28)16-8-2-1-3-9-16)14-29-15-20(23)25-18-10-4-6-12-21(18)30-22-13-7-5-11-19(22)25;1-26(22,23)19-12-10-24-11-15(18(12)21)20-13-6-2-4-8-16(13)25-17-9-5-3-7-14(17)20;12*1-2;;;;;/h1-13,17,20,23-24,26H,14-15H2;2-9,12,15,18-19,21H,10-11H2,1H3;12*1-2H3;;;;2*1H/i;;;;;;;;;;;;;;;;;2*1+2. The summed E-state index contributed by atoms with van der Waals surface area (Å²) in [6.07, 6.45) is -0.773. The van der Waals surface area contributed by atoms with Crippen LogP contribution in [0, 0.1) is 62.2 Å². The molecule has 5 aromatic carbocycles. The third kappa shape index (κ3) is 32.0. The van der Waals surface area contributed by atoms with Crippen LogP contribution in [0.1, 0.15) is 169 Å². The number of aliphatic hydroxyl groups excluding tert-OH is 2. The van der Waals surface area contributed by atoms with Gasteiger partial charge in [-0.1, -0.05) is 256 Å². The molecule has 19 heteroatoms. The molecule has 4 heterocycles. The van der Waals surface area contributed by atoms with E-state index >= 15 is 0 Å². The number of benzene rings is 5. The third-order valence-electron chi connectivity index (χ3n) is 10.1. The zero-order chi connectivity index (χ0) is 63.7. The Labute approximate surface area is 586 Å². The first kappa shape index (κ1) is 99.0. The molecule has 0 spiro atoms. The van der Waals surface area contributed by atoms with E-state index in [4.69, 9.17) is 9.47 Å². The Morgan fingerprint density at radius 1 is 0.405 bits per heavy atom. The van der Waals surface area contributed by atoms with Crippen molar-refractivity contribution in [2.75, 3.05) is 42.5 Å². The Bertz CT molecular complexity index is 2400. The zero-order valence-corrected chi connectivity index (χ0v) is 69.2.